The molecule has 0 aliphatic heterocycles. The molecule has 0 bridgehead atoms. The summed E-state index contributed by atoms with van der Waals surface area (Å²) in [7, 11) is 0. The Bertz CT molecular complexity index is 815. The number of rotatable bonds is 2. The van der Waals surface area contributed by atoms with Gasteiger partial charge in [0.05, 0.1) is 17.3 Å². The number of carbonyl (C=O) groups is 2. The van der Waals surface area contributed by atoms with E-state index < -0.39 is 0 Å². The maximum Gasteiger partial charge on any atom is 0.154 e. The van der Waals surface area contributed by atoms with E-state index in [2.05, 4.69) is 4.98 Å². The number of aldehydes is 2. The van der Waals surface area contributed by atoms with Gasteiger partial charge in [0.15, 0.2) is 12.6 Å². The average molecular weight is 295 g/mol. The third kappa shape index (κ3) is 3.27. The fourth-order valence-electron chi connectivity index (χ4n) is 1.90. The van der Waals surface area contributed by atoms with Gasteiger partial charge in [0.1, 0.15) is 11.5 Å². The zero-order chi connectivity index (χ0) is 15.9. The molecular weight excluding hydrogens is 282 g/mol. The Balaban J connectivity index is 0.000000172. The lowest BCUT2D eigenvalue weighted by Crippen LogP contribution is -1.83. The second-order valence-corrected chi connectivity index (χ2v) is 4.39. The number of phenolic OH excluding ortho intramolecular Hbond substituents is 1. The number of fused-ring (bicyclic) bond motifs is 1. The predicted octanol–water partition coefficient (Wildman–Crippen LogP) is 2.96. The van der Waals surface area contributed by atoms with Crippen LogP contribution in [0, 0.1) is 0 Å². The third-order valence-corrected chi connectivity index (χ3v) is 3.03. The van der Waals surface area contributed by atoms with Crippen LogP contribution < -0.4 is 0 Å². The number of aromatic hydroxyl groups is 2. The van der Waals surface area contributed by atoms with Crippen molar-refractivity contribution in [3.8, 4) is 11.5 Å². The van der Waals surface area contributed by atoms with Crippen LogP contribution in [0.2, 0.25) is 0 Å². The van der Waals surface area contributed by atoms with Gasteiger partial charge in [0.25, 0.3) is 0 Å². The normalized spacial score (nSPS) is 9.64. The number of hydrogen-bond donors (Lipinski definition) is 2. The topological polar surface area (TPSA) is 87.5 Å². The molecule has 5 heteroatoms. The van der Waals surface area contributed by atoms with Crippen molar-refractivity contribution >= 4 is 23.3 Å². The van der Waals surface area contributed by atoms with E-state index in [0.717, 1.165) is 10.8 Å². The Morgan fingerprint density at radius 2 is 1.64 bits per heavy atom. The smallest absolute Gasteiger partial charge is 0.154 e. The minimum Gasteiger partial charge on any atom is -0.507 e. The molecule has 2 aromatic carbocycles. The Labute approximate surface area is 126 Å². The minimum atomic E-state index is -0.0764. The van der Waals surface area contributed by atoms with Crippen LogP contribution in [0.4, 0.5) is 0 Å². The Kier molecular flexibility index (Phi) is 4.82. The van der Waals surface area contributed by atoms with Crippen molar-refractivity contribution in [1.29, 1.82) is 0 Å². The summed E-state index contributed by atoms with van der Waals surface area (Å²) in [5, 5.41) is 19.9. The first kappa shape index (κ1) is 15.2. The lowest BCUT2D eigenvalue weighted by atomic mass is 10.0. The van der Waals surface area contributed by atoms with Crippen molar-refractivity contribution < 1.29 is 19.8 Å². The zero-order valence-corrected chi connectivity index (χ0v) is 11.5. The molecule has 3 rings (SSSR count). The molecule has 0 atom stereocenters. The van der Waals surface area contributed by atoms with Gasteiger partial charge in [0, 0.05) is 6.20 Å². The monoisotopic (exact) mass is 295 g/mol. The highest BCUT2D eigenvalue weighted by Gasteiger charge is 2.03. The molecule has 0 saturated carbocycles. The molecule has 1 heterocycles. The molecule has 0 saturated heterocycles. The van der Waals surface area contributed by atoms with Crippen LogP contribution in [0.25, 0.3) is 10.8 Å². The summed E-state index contributed by atoms with van der Waals surface area (Å²) < 4.78 is 0. The molecule has 1 aromatic heterocycles. The highest BCUT2D eigenvalue weighted by Crippen LogP contribution is 2.24. The van der Waals surface area contributed by atoms with Crippen LogP contribution in [-0.2, 0) is 0 Å². The van der Waals surface area contributed by atoms with Gasteiger partial charge in [-0.1, -0.05) is 30.3 Å². The summed E-state index contributed by atoms with van der Waals surface area (Å²) in [5.74, 6) is -0.0406. The fraction of sp³-hybridized carbons (Fsp3) is 0. The molecule has 22 heavy (non-hydrogen) atoms. The Hall–Kier alpha value is -3.21. The largest absolute Gasteiger partial charge is 0.507 e. The van der Waals surface area contributed by atoms with Crippen molar-refractivity contribution in [3.63, 3.8) is 0 Å². The number of phenols is 1. The second-order valence-electron chi connectivity index (χ2n) is 4.39. The summed E-state index contributed by atoms with van der Waals surface area (Å²) in [4.78, 5) is 24.3. The summed E-state index contributed by atoms with van der Waals surface area (Å²) in [6.45, 7) is 0. The average Bonchev–Trinajstić information content (AvgIpc) is 2.56. The number of benzene rings is 2. The first-order valence-electron chi connectivity index (χ1n) is 6.41. The van der Waals surface area contributed by atoms with E-state index >= 15 is 0 Å². The van der Waals surface area contributed by atoms with Gasteiger partial charge in [-0.3, -0.25) is 14.6 Å². The van der Waals surface area contributed by atoms with Crippen molar-refractivity contribution in [1.82, 2.24) is 4.98 Å². The van der Waals surface area contributed by atoms with Gasteiger partial charge in [-0.15, -0.1) is 0 Å². The summed E-state index contributed by atoms with van der Waals surface area (Å²) in [6, 6.07) is 12.2. The molecule has 2 N–H and O–H groups in total. The van der Waals surface area contributed by atoms with E-state index in [0.29, 0.717) is 18.1 Å². The standard InChI is InChI=1S/C11H8O2.C6H5NO2/c12-7-10-9-4-2-1-3-8(9)5-6-11(10)13;8-4-5-1-2-7-3-6(5)9/h1-7,13H;1-4,9H. The van der Waals surface area contributed by atoms with E-state index in [1.807, 2.05) is 24.3 Å². The van der Waals surface area contributed by atoms with E-state index in [1.54, 1.807) is 6.07 Å². The summed E-state index contributed by atoms with van der Waals surface area (Å²) in [5.41, 5.74) is 0.628. The van der Waals surface area contributed by atoms with Crippen LogP contribution in [0.15, 0.2) is 54.9 Å². The zero-order valence-electron chi connectivity index (χ0n) is 11.5. The van der Waals surface area contributed by atoms with Gasteiger partial charge < -0.3 is 10.2 Å². The van der Waals surface area contributed by atoms with Crippen LogP contribution in [-0.4, -0.2) is 27.8 Å². The number of hydrogen-bond acceptors (Lipinski definition) is 5. The molecule has 5 nitrogen and oxygen atoms in total. The quantitative estimate of drug-likeness (QED) is 0.710. The molecule has 0 amide bonds. The maximum atomic E-state index is 10.7. The molecule has 0 aliphatic rings. The van der Waals surface area contributed by atoms with Crippen LogP contribution >= 0.6 is 0 Å². The minimum absolute atomic E-state index is 0.0358. The van der Waals surface area contributed by atoms with Crippen molar-refractivity contribution in [2.75, 3.05) is 0 Å². The highest BCUT2D eigenvalue weighted by atomic mass is 16.3. The maximum absolute atomic E-state index is 10.7. The second kappa shape index (κ2) is 6.99. The Morgan fingerprint density at radius 1 is 0.864 bits per heavy atom. The van der Waals surface area contributed by atoms with Gasteiger partial charge in [-0.25, -0.2) is 0 Å². The van der Waals surface area contributed by atoms with Gasteiger partial charge in [-0.05, 0) is 22.9 Å². The number of carbonyl (C=O) groups excluding carboxylic acids is 2. The number of pyridine rings is 1. The lowest BCUT2D eigenvalue weighted by molar-refractivity contribution is 0.111. The van der Waals surface area contributed by atoms with Crippen LogP contribution in [0.1, 0.15) is 20.7 Å². The van der Waals surface area contributed by atoms with Crippen LogP contribution in [0.5, 0.6) is 11.5 Å². The van der Waals surface area contributed by atoms with Crippen molar-refractivity contribution in [3.05, 3.63) is 66.0 Å². The predicted molar refractivity (Wildman–Crippen MR) is 82.3 cm³/mol. The molecule has 0 spiro atoms. The summed E-state index contributed by atoms with van der Waals surface area (Å²) in [6.07, 6.45) is 3.93. The molecular formula is C17H13NO4. The molecule has 0 unspecified atom stereocenters. The fourth-order valence-corrected chi connectivity index (χ4v) is 1.90. The first-order chi connectivity index (χ1) is 10.7. The van der Waals surface area contributed by atoms with E-state index in [4.69, 9.17) is 5.11 Å². The molecule has 0 fully saturated rings. The van der Waals surface area contributed by atoms with Crippen molar-refractivity contribution in [2.24, 2.45) is 0 Å². The molecule has 0 aliphatic carbocycles. The van der Waals surface area contributed by atoms with E-state index in [-0.39, 0.29) is 17.1 Å². The molecule has 3 aromatic rings. The molecule has 110 valence electrons. The van der Waals surface area contributed by atoms with Gasteiger partial charge >= 0.3 is 0 Å². The lowest BCUT2D eigenvalue weighted by Gasteiger charge is -2.01. The SMILES string of the molecule is O=Cc1c(O)ccc2ccccc12.O=Cc1ccncc1O. The summed E-state index contributed by atoms with van der Waals surface area (Å²) >= 11 is 0. The van der Waals surface area contributed by atoms with Gasteiger partial charge in [-0.2, -0.15) is 0 Å². The van der Waals surface area contributed by atoms with Crippen LogP contribution in [0.3, 0.4) is 0 Å². The Morgan fingerprint density at radius 3 is 2.27 bits per heavy atom. The van der Waals surface area contributed by atoms with Crippen molar-refractivity contribution in [2.45, 2.75) is 0 Å². The highest BCUT2D eigenvalue weighted by molar-refractivity contribution is 6.00. The van der Waals surface area contributed by atoms with Gasteiger partial charge in [0.2, 0.25) is 0 Å². The van der Waals surface area contributed by atoms with E-state index in [9.17, 15) is 14.7 Å². The third-order valence-electron chi connectivity index (χ3n) is 3.03. The van der Waals surface area contributed by atoms with E-state index in [1.165, 1.54) is 24.5 Å². The first-order valence-corrected chi connectivity index (χ1v) is 6.41. The molecule has 0 radical (unpaired) electrons. The number of nitrogens with zero attached hydrogens (tertiary/aromatic N) is 1. The number of aromatic nitrogens is 1.